The minimum Gasteiger partial charge on any atom is -0.399 e. The maximum atomic E-state index is 12.0. The van der Waals surface area contributed by atoms with Crippen molar-refractivity contribution in [2.45, 2.75) is 56.8 Å². The van der Waals surface area contributed by atoms with Crippen molar-refractivity contribution >= 4 is 21.3 Å². The molecule has 0 fully saturated rings. The third-order valence-corrected chi connectivity index (χ3v) is 4.84. The predicted octanol–water partition coefficient (Wildman–Crippen LogP) is 3.88. The third-order valence-electron chi connectivity index (χ3n) is 3.42. The first-order chi connectivity index (χ1) is 10.5. The first-order valence-corrected chi connectivity index (χ1v) is 9.32. The predicted molar refractivity (Wildman–Crippen MR) is 90.2 cm³/mol. The van der Waals surface area contributed by atoms with Gasteiger partial charge in [0.2, 0.25) is 0 Å². The quantitative estimate of drug-likeness (QED) is 0.403. The zero-order valence-corrected chi connectivity index (χ0v) is 13.9. The minimum absolute atomic E-state index is 0.144. The molecule has 5 heteroatoms. The van der Waals surface area contributed by atoms with Crippen LogP contribution >= 0.6 is 0 Å². The van der Waals surface area contributed by atoms with E-state index in [1.54, 1.807) is 0 Å². The van der Waals surface area contributed by atoms with E-state index in [4.69, 9.17) is 5.73 Å². The molecule has 4 nitrogen and oxygen atoms in total. The van der Waals surface area contributed by atoms with Gasteiger partial charge in [0.1, 0.15) is 0 Å². The van der Waals surface area contributed by atoms with E-state index < -0.39 is 9.84 Å². The van der Waals surface area contributed by atoms with Gasteiger partial charge < -0.3 is 5.73 Å². The summed E-state index contributed by atoms with van der Waals surface area (Å²) in [5.41, 5.74) is 6.03. The molecular weight excluding hydrogens is 298 g/mol. The van der Waals surface area contributed by atoms with Crippen LogP contribution in [0.25, 0.3) is 0 Å². The Kier molecular flexibility index (Phi) is 7.88. The third kappa shape index (κ3) is 6.89. The van der Waals surface area contributed by atoms with Crippen molar-refractivity contribution in [2.24, 2.45) is 0 Å². The molecule has 0 bridgehead atoms. The molecule has 122 valence electrons. The number of benzene rings is 1. The van der Waals surface area contributed by atoms with Crippen LogP contribution in [0.1, 0.15) is 51.9 Å². The summed E-state index contributed by atoms with van der Waals surface area (Å²) >= 11 is 0. The first kappa shape index (κ1) is 18.4. The average molecular weight is 323 g/mol. The van der Waals surface area contributed by atoms with Gasteiger partial charge in [-0.15, -0.1) is 0 Å². The molecule has 22 heavy (non-hydrogen) atoms. The number of hydrogen-bond donors (Lipinski definition) is 1. The van der Waals surface area contributed by atoms with E-state index >= 15 is 0 Å². The van der Waals surface area contributed by atoms with Crippen LogP contribution in [0.5, 0.6) is 0 Å². The van der Waals surface area contributed by atoms with Crippen molar-refractivity contribution < 1.29 is 13.2 Å². The highest BCUT2D eigenvalue weighted by molar-refractivity contribution is 7.94. The van der Waals surface area contributed by atoms with Crippen LogP contribution in [0, 0.1) is 0 Å². The lowest BCUT2D eigenvalue weighted by atomic mass is 10.1. The van der Waals surface area contributed by atoms with E-state index in [0.29, 0.717) is 12.1 Å². The molecule has 0 aliphatic carbocycles. The minimum atomic E-state index is -3.57. The van der Waals surface area contributed by atoms with Crippen molar-refractivity contribution in [1.82, 2.24) is 0 Å². The fourth-order valence-corrected chi connectivity index (χ4v) is 3.07. The number of allylic oxidation sites excluding steroid dienone is 1. The average Bonchev–Trinajstić information content (AvgIpc) is 2.49. The first-order valence-electron chi connectivity index (χ1n) is 7.77. The molecule has 0 aliphatic heterocycles. The van der Waals surface area contributed by atoms with Crippen molar-refractivity contribution in [1.29, 1.82) is 0 Å². The van der Waals surface area contributed by atoms with E-state index in [-0.39, 0.29) is 10.7 Å². The van der Waals surface area contributed by atoms with Gasteiger partial charge in [-0.1, -0.05) is 39.0 Å². The Morgan fingerprint density at radius 1 is 1.05 bits per heavy atom. The number of hydrogen-bond acceptors (Lipinski definition) is 4. The summed E-state index contributed by atoms with van der Waals surface area (Å²) in [6.07, 6.45) is 8.16. The Hall–Kier alpha value is -1.62. The molecule has 0 aliphatic rings. The zero-order valence-electron chi connectivity index (χ0n) is 13.1. The lowest BCUT2D eigenvalue weighted by molar-refractivity contribution is -0.114. The largest absolute Gasteiger partial charge is 0.399 e. The van der Waals surface area contributed by atoms with Crippen LogP contribution in [0.4, 0.5) is 5.69 Å². The van der Waals surface area contributed by atoms with Crippen molar-refractivity contribution in [3.8, 4) is 0 Å². The fourth-order valence-electron chi connectivity index (χ4n) is 2.06. The summed E-state index contributed by atoms with van der Waals surface area (Å²) in [4.78, 5) is 11.8. The van der Waals surface area contributed by atoms with Crippen LogP contribution in [0.2, 0.25) is 0 Å². The fraction of sp³-hybridized carbons (Fsp3) is 0.471. The smallest absolute Gasteiger partial charge is 0.199 e. The molecule has 1 aromatic carbocycles. The van der Waals surface area contributed by atoms with E-state index in [9.17, 15) is 13.2 Å². The molecule has 0 saturated heterocycles. The van der Waals surface area contributed by atoms with E-state index in [1.165, 1.54) is 43.5 Å². The molecular formula is C17H25NO3S. The van der Waals surface area contributed by atoms with Gasteiger partial charge in [-0.05, 0) is 36.8 Å². The Labute approximate surface area is 133 Å². The molecule has 0 amide bonds. The summed E-state index contributed by atoms with van der Waals surface area (Å²) < 4.78 is 24.0. The number of carbonyl (C=O) groups is 1. The number of ketones is 1. The van der Waals surface area contributed by atoms with Gasteiger partial charge in [0, 0.05) is 17.5 Å². The highest BCUT2D eigenvalue weighted by Crippen LogP contribution is 2.14. The lowest BCUT2D eigenvalue weighted by Gasteiger charge is -2.00. The lowest BCUT2D eigenvalue weighted by Crippen LogP contribution is -1.99. The van der Waals surface area contributed by atoms with E-state index in [1.807, 2.05) is 0 Å². The van der Waals surface area contributed by atoms with Gasteiger partial charge in [-0.2, -0.15) is 0 Å². The summed E-state index contributed by atoms with van der Waals surface area (Å²) in [7, 11) is -3.57. The molecule has 0 saturated carbocycles. The Balaban J connectivity index is 2.42. The van der Waals surface area contributed by atoms with Crippen LogP contribution in [-0.4, -0.2) is 14.2 Å². The molecule has 1 aromatic rings. The highest BCUT2D eigenvalue weighted by Gasteiger charge is 2.10. The van der Waals surface area contributed by atoms with Crippen molar-refractivity contribution in [3.63, 3.8) is 0 Å². The Morgan fingerprint density at radius 3 is 2.27 bits per heavy atom. The zero-order chi connectivity index (χ0) is 16.4. The van der Waals surface area contributed by atoms with Gasteiger partial charge >= 0.3 is 0 Å². The van der Waals surface area contributed by atoms with Crippen LogP contribution in [-0.2, 0) is 14.6 Å². The second kappa shape index (κ2) is 9.41. The van der Waals surface area contributed by atoms with Gasteiger partial charge in [0.05, 0.1) is 4.90 Å². The second-order valence-corrected chi connectivity index (χ2v) is 7.23. The van der Waals surface area contributed by atoms with Crippen LogP contribution in [0.3, 0.4) is 0 Å². The summed E-state index contributed by atoms with van der Waals surface area (Å²) in [6, 6.07) is 5.93. The Bertz CT molecular complexity index is 589. The number of anilines is 1. The SMILES string of the molecule is CCCCCCCCC(=O)C=CS(=O)(=O)c1ccc(N)cc1. The van der Waals surface area contributed by atoms with Crippen molar-refractivity contribution in [2.75, 3.05) is 5.73 Å². The summed E-state index contributed by atoms with van der Waals surface area (Å²) in [5, 5.41) is 0.984. The monoisotopic (exact) mass is 323 g/mol. The molecule has 0 spiro atoms. The van der Waals surface area contributed by atoms with Crippen LogP contribution < -0.4 is 5.73 Å². The van der Waals surface area contributed by atoms with Crippen molar-refractivity contribution in [3.05, 3.63) is 35.7 Å². The summed E-state index contributed by atoms with van der Waals surface area (Å²) in [6.45, 7) is 2.16. The molecule has 1 rings (SSSR count). The molecule has 2 N–H and O–H groups in total. The highest BCUT2D eigenvalue weighted by atomic mass is 32.2. The number of unbranched alkanes of at least 4 members (excludes halogenated alkanes) is 5. The number of nitrogen functional groups attached to an aromatic ring is 1. The van der Waals surface area contributed by atoms with E-state index in [0.717, 1.165) is 30.7 Å². The van der Waals surface area contributed by atoms with Gasteiger partial charge in [-0.25, -0.2) is 8.42 Å². The normalized spacial score (nSPS) is 11.9. The molecule has 0 radical (unpaired) electrons. The second-order valence-electron chi connectivity index (χ2n) is 5.40. The van der Waals surface area contributed by atoms with Crippen LogP contribution in [0.15, 0.2) is 40.6 Å². The molecule has 0 atom stereocenters. The topological polar surface area (TPSA) is 77.2 Å². The number of carbonyl (C=O) groups excluding carboxylic acids is 1. The maximum absolute atomic E-state index is 12.0. The van der Waals surface area contributed by atoms with E-state index in [2.05, 4.69) is 6.92 Å². The van der Waals surface area contributed by atoms with Gasteiger partial charge in [0.15, 0.2) is 15.6 Å². The number of nitrogens with two attached hydrogens (primary N) is 1. The number of sulfone groups is 1. The standard InChI is InChI=1S/C17H25NO3S/c1-2-3-4-5-6-7-8-16(19)13-14-22(20,21)17-11-9-15(18)10-12-17/h9-14H,2-8,18H2,1H3. The van der Waals surface area contributed by atoms with Gasteiger partial charge in [0.25, 0.3) is 0 Å². The molecule has 0 aromatic heterocycles. The Morgan fingerprint density at radius 2 is 1.64 bits per heavy atom. The molecule has 0 heterocycles. The maximum Gasteiger partial charge on any atom is 0.199 e. The van der Waals surface area contributed by atoms with Gasteiger partial charge in [-0.3, -0.25) is 4.79 Å². The number of rotatable bonds is 10. The molecule has 0 unspecified atom stereocenters. The summed E-state index contributed by atoms with van der Waals surface area (Å²) in [5.74, 6) is -0.144.